The molecule has 2 fully saturated rings. The number of benzene rings is 1. The summed E-state index contributed by atoms with van der Waals surface area (Å²) in [7, 11) is 1.76. The molecule has 0 aliphatic heterocycles. The van der Waals surface area contributed by atoms with Gasteiger partial charge in [-0.05, 0) is 30.7 Å². The Morgan fingerprint density at radius 2 is 1.71 bits per heavy atom. The third kappa shape index (κ3) is 2.83. The molecular formula is C19H29NO. The second-order valence-electron chi connectivity index (χ2n) is 6.99. The molecule has 1 aromatic carbocycles. The average Bonchev–Trinajstić information content (AvgIpc) is 2.56. The second-order valence-corrected chi connectivity index (χ2v) is 6.99. The molecule has 21 heavy (non-hydrogen) atoms. The Morgan fingerprint density at radius 3 is 2.48 bits per heavy atom. The molecular weight excluding hydrogens is 258 g/mol. The molecule has 2 aliphatic rings. The van der Waals surface area contributed by atoms with Gasteiger partial charge in [0.15, 0.2) is 0 Å². The fourth-order valence-corrected chi connectivity index (χ4v) is 4.78. The van der Waals surface area contributed by atoms with Crippen LogP contribution in [-0.4, -0.2) is 7.11 Å². The third-order valence-electron chi connectivity index (χ3n) is 5.84. The standard InChI is InChI=1S/C19H29NO/c1-21-18-13-6-5-12-17(18)19(20)14-8-7-11-16(19)15-9-3-2-4-10-15/h5-6,12-13,15-16H,2-4,7-11,14,20H2,1H3. The number of rotatable bonds is 3. The van der Waals surface area contributed by atoms with E-state index < -0.39 is 0 Å². The summed E-state index contributed by atoms with van der Waals surface area (Å²) in [5.41, 5.74) is 8.10. The molecule has 0 bridgehead atoms. The first-order chi connectivity index (χ1) is 10.3. The quantitative estimate of drug-likeness (QED) is 0.880. The van der Waals surface area contributed by atoms with Crippen molar-refractivity contribution in [3.63, 3.8) is 0 Å². The highest BCUT2D eigenvalue weighted by Crippen LogP contribution is 2.49. The molecule has 2 heteroatoms. The molecule has 0 saturated heterocycles. The smallest absolute Gasteiger partial charge is 0.123 e. The van der Waals surface area contributed by atoms with Crippen molar-refractivity contribution < 1.29 is 4.74 Å². The van der Waals surface area contributed by atoms with Crippen molar-refractivity contribution in [3.8, 4) is 5.75 Å². The van der Waals surface area contributed by atoms with Gasteiger partial charge in [0, 0.05) is 11.1 Å². The summed E-state index contributed by atoms with van der Waals surface area (Å²) >= 11 is 0. The lowest BCUT2D eigenvalue weighted by Crippen LogP contribution is -2.49. The van der Waals surface area contributed by atoms with Gasteiger partial charge in [-0.2, -0.15) is 0 Å². The van der Waals surface area contributed by atoms with Gasteiger partial charge in [0.1, 0.15) is 5.75 Å². The summed E-state index contributed by atoms with van der Waals surface area (Å²) < 4.78 is 5.62. The van der Waals surface area contributed by atoms with Crippen LogP contribution in [0.5, 0.6) is 5.75 Å². The Morgan fingerprint density at radius 1 is 1.00 bits per heavy atom. The molecule has 2 atom stereocenters. The van der Waals surface area contributed by atoms with E-state index in [1.54, 1.807) is 7.11 Å². The van der Waals surface area contributed by atoms with Crippen molar-refractivity contribution in [2.45, 2.75) is 63.3 Å². The maximum absolute atomic E-state index is 7.05. The van der Waals surface area contributed by atoms with E-state index in [0.29, 0.717) is 5.92 Å². The zero-order valence-corrected chi connectivity index (χ0v) is 13.3. The van der Waals surface area contributed by atoms with Crippen LogP contribution in [0, 0.1) is 11.8 Å². The van der Waals surface area contributed by atoms with E-state index in [1.165, 1.54) is 56.9 Å². The van der Waals surface area contributed by atoms with Crippen molar-refractivity contribution in [3.05, 3.63) is 29.8 Å². The SMILES string of the molecule is COc1ccccc1C1(N)CCCCC1C1CCCCC1. The van der Waals surface area contributed by atoms with Gasteiger partial charge in [-0.1, -0.05) is 63.1 Å². The first kappa shape index (κ1) is 14.9. The minimum atomic E-state index is -0.188. The average molecular weight is 287 g/mol. The van der Waals surface area contributed by atoms with Crippen molar-refractivity contribution in [1.82, 2.24) is 0 Å². The van der Waals surface area contributed by atoms with Gasteiger partial charge >= 0.3 is 0 Å². The molecule has 0 radical (unpaired) electrons. The Bertz CT molecular complexity index is 466. The highest BCUT2D eigenvalue weighted by molar-refractivity contribution is 5.40. The number of hydrogen-bond donors (Lipinski definition) is 1. The van der Waals surface area contributed by atoms with Crippen LogP contribution < -0.4 is 10.5 Å². The minimum absolute atomic E-state index is 0.188. The van der Waals surface area contributed by atoms with Crippen molar-refractivity contribution >= 4 is 0 Å². The Labute approximate surface area is 129 Å². The Hall–Kier alpha value is -1.02. The van der Waals surface area contributed by atoms with Gasteiger partial charge in [0.2, 0.25) is 0 Å². The van der Waals surface area contributed by atoms with Crippen LogP contribution in [0.25, 0.3) is 0 Å². The topological polar surface area (TPSA) is 35.2 Å². The number of para-hydroxylation sites is 1. The number of hydrogen-bond acceptors (Lipinski definition) is 2. The third-order valence-corrected chi connectivity index (χ3v) is 5.84. The van der Waals surface area contributed by atoms with E-state index in [4.69, 9.17) is 10.5 Å². The Balaban J connectivity index is 1.94. The summed E-state index contributed by atoms with van der Waals surface area (Å²) in [6.45, 7) is 0. The molecule has 0 amide bonds. The molecule has 2 saturated carbocycles. The summed E-state index contributed by atoms with van der Waals surface area (Å²) in [4.78, 5) is 0. The van der Waals surface area contributed by atoms with Crippen molar-refractivity contribution in [2.75, 3.05) is 7.11 Å². The summed E-state index contributed by atoms with van der Waals surface area (Å²) in [6.07, 6.45) is 11.9. The molecule has 0 spiro atoms. The van der Waals surface area contributed by atoms with Gasteiger partial charge in [0.25, 0.3) is 0 Å². The predicted octanol–water partition coefficient (Wildman–Crippen LogP) is 4.62. The lowest BCUT2D eigenvalue weighted by atomic mass is 9.62. The van der Waals surface area contributed by atoms with Crippen LogP contribution in [0.1, 0.15) is 63.4 Å². The van der Waals surface area contributed by atoms with Gasteiger partial charge in [0.05, 0.1) is 7.11 Å². The molecule has 1 aromatic rings. The van der Waals surface area contributed by atoms with Crippen LogP contribution in [0.15, 0.2) is 24.3 Å². The predicted molar refractivity (Wildman–Crippen MR) is 87.4 cm³/mol. The Kier molecular flexibility index (Phi) is 4.54. The van der Waals surface area contributed by atoms with Gasteiger partial charge in [-0.15, -0.1) is 0 Å². The van der Waals surface area contributed by atoms with E-state index in [0.717, 1.165) is 18.1 Å². The van der Waals surface area contributed by atoms with Crippen LogP contribution in [-0.2, 0) is 5.54 Å². The van der Waals surface area contributed by atoms with Crippen LogP contribution in [0.3, 0.4) is 0 Å². The monoisotopic (exact) mass is 287 g/mol. The summed E-state index contributed by atoms with van der Waals surface area (Å²) in [5.74, 6) is 2.42. The largest absolute Gasteiger partial charge is 0.496 e. The van der Waals surface area contributed by atoms with Crippen molar-refractivity contribution in [2.24, 2.45) is 17.6 Å². The molecule has 116 valence electrons. The van der Waals surface area contributed by atoms with Crippen molar-refractivity contribution in [1.29, 1.82) is 0 Å². The molecule has 2 N–H and O–H groups in total. The first-order valence-electron chi connectivity index (χ1n) is 8.68. The van der Waals surface area contributed by atoms with Crippen LogP contribution in [0.4, 0.5) is 0 Å². The fourth-order valence-electron chi connectivity index (χ4n) is 4.78. The normalized spacial score (nSPS) is 31.0. The van der Waals surface area contributed by atoms with E-state index in [1.807, 2.05) is 6.07 Å². The second kappa shape index (κ2) is 6.39. The van der Waals surface area contributed by atoms with E-state index >= 15 is 0 Å². The lowest BCUT2D eigenvalue weighted by molar-refractivity contribution is 0.0965. The summed E-state index contributed by atoms with van der Waals surface area (Å²) in [6, 6.07) is 8.42. The molecule has 2 aliphatic carbocycles. The number of methoxy groups -OCH3 is 1. The number of ether oxygens (including phenoxy) is 1. The summed E-state index contributed by atoms with van der Waals surface area (Å²) in [5, 5.41) is 0. The molecule has 0 heterocycles. The molecule has 2 unspecified atom stereocenters. The molecule has 2 nitrogen and oxygen atoms in total. The number of nitrogens with two attached hydrogens (primary N) is 1. The van der Waals surface area contributed by atoms with Gasteiger partial charge in [-0.3, -0.25) is 0 Å². The highest BCUT2D eigenvalue weighted by Gasteiger charge is 2.44. The van der Waals surface area contributed by atoms with Gasteiger partial charge < -0.3 is 10.5 Å². The van der Waals surface area contributed by atoms with E-state index in [9.17, 15) is 0 Å². The first-order valence-corrected chi connectivity index (χ1v) is 8.68. The lowest BCUT2D eigenvalue weighted by Gasteiger charge is -2.47. The van der Waals surface area contributed by atoms with E-state index in [2.05, 4.69) is 18.2 Å². The highest BCUT2D eigenvalue weighted by atomic mass is 16.5. The molecule has 3 rings (SSSR count). The van der Waals surface area contributed by atoms with Crippen LogP contribution in [0.2, 0.25) is 0 Å². The minimum Gasteiger partial charge on any atom is -0.496 e. The fraction of sp³-hybridized carbons (Fsp3) is 0.684. The van der Waals surface area contributed by atoms with E-state index in [-0.39, 0.29) is 5.54 Å². The zero-order chi connectivity index (χ0) is 14.7. The van der Waals surface area contributed by atoms with Crippen LogP contribution >= 0.6 is 0 Å². The molecule has 0 aromatic heterocycles. The maximum Gasteiger partial charge on any atom is 0.123 e. The zero-order valence-electron chi connectivity index (χ0n) is 13.3. The van der Waals surface area contributed by atoms with Gasteiger partial charge in [-0.25, -0.2) is 0 Å². The maximum atomic E-state index is 7.05.